The maximum Gasteiger partial charge on any atom is 0.123 e. The Labute approximate surface area is 106 Å². The summed E-state index contributed by atoms with van der Waals surface area (Å²) in [5.41, 5.74) is 3.82. The number of rotatable bonds is 1. The Balaban J connectivity index is 2.02. The third-order valence-electron chi connectivity index (χ3n) is 3.23. The lowest BCUT2D eigenvalue weighted by Gasteiger charge is -2.18. The lowest BCUT2D eigenvalue weighted by molar-refractivity contribution is 0.545. The highest BCUT2D eigenvalue weighted by molar-refractivity contribution is 7.15. The summed E-state index contributed by atoms with van der Waals surface area (Å²) >= 11 is 1.83. The molecule has 0 radical (unpaired) electrons. The molecule has 17 heavy (non-hydrogen) atoms. The number of hydrogen-bond acceptors (Lipinski definition) is 3. The molecule has 1 aliphatic heterocycles. The van der Waals surface area contributed by atoms with Crippen molar-refractivity contribution in [2.75, 3.05) is 6.54 Å². The molecule has 0 saturated carbocycles. The quantitative estimate of drug-likeness (QED) is 0.832. The van der Waals surface area contributed by atoms with Gasteiger partial charge in [0.25, 0.3) is 0 Å². The maximum atomic E-state index is 4.78. The highest BCUT2D eigenvalue weighted by Crippen LogP contribution is 2.33. The van der Waals surface area contributed by atoms with Gasteiger partial charge in [0, 0.05) is 29.4 Å². The molecule has 1 aliphatic rings. The van der Waals surface area contributed by atoms with E-state index in [1.165, 1.54) is 21.7 Å². The number of aryl methyl sites for hydroxylation is 1. The van der Waals surface area contributed by atoms with E-state index in [4.69, 9.17) is 4.98 Å². The molecule has 88 valence electrons. The van der Waals surface area contributed by atoms with Gasteiger partial charge in [-0.3, -0.25) is 0 Å². The van der Waals surface area contributed by atoms with E-state index in [0.717, 1.165) is 18.0 Å². The van der Waals surface area contributed by atoms with Crippen LogP contribution in [0.3, 0.4) is 0 Å². The first-order valence-corrected chi connectivity index (χ1v) is 6.86. The highest BCUT2D eigenvalue weighted by atomic mass is 32.1. The Morgan fingerprint density at radius 1 is 1.29 bits per heavy atom. The monoisotopic (exact) mass is 244 g/mol. The molecule has 2 heterocycles. The molecule has 0 fully saturated rings. The van der Waals surface area contributed by atoms with Gasteiger partial charge in [-0.05, 0) is 13.8 Å². The summed E-state index contributed by atoms with van der Waals surface area (Å²) in [6, 6.07) is 9.08. The Kier molecular flexibility index (Phi) is 2.73. The summed E-state index contributed by atoms with van der Waals surface area (Å²) in [5, 5.41) is 4.64. The molecule has 0 amide bonds. The van der Waals surface area contributed by atoms with E-state index in [2.05, 4.69) is 43.4 Å². The van der Waals surface area contributed by atoms with Crippen LogP contribution in [0.25, 0.3) is 10.6 Å². The number of fused-ring (bicyclic) bond motifs is 1. The molecule has 1 N–H and O–H groups in total. The molecule has 1 aromatic carbocycles. The topological polar surface area (TPSA) is 24.9 Å². The minimum absolute atomic E-state index is 0.454. The number of nitrogens with zero attached hydrogens (tertiary/aromatic N) is 1. The summed E-state index contributed by atoms with van der Waals surface area (Å²) < 4.78 is 0. The van der Waals surface area contributed by atoms with E-state index in [1.807, 2.05) is 11.3 Å². The van der Waals surface area contributed by atoms with Crippen molar-refractivity contribution in [1.82, 2.24) is 10.3 Å². The molecule has 0 aliphatic carbocycles. The van der Waals surface area contributed by atoms with Gasteiger partial charge in [0.05, 0.1) is 5.69 Å². The van der Waals surface area contributed by atoms with Gasteiger partial charge >= 0.3 is 0 Å². The first-order valence-electron chi connectivity index (χ1n) is 6.04. The van der Waals surface area contributed by atoms with Crippen LogP contribution in [0, 0.1) is 6.92 Å². The first kappa shape index (κ1) is 10.9. The van der Waals surface area contributed by atoms with E-state index in [0.29, 0.717) is 6.04 Å². The number of benzene rings is 1. The minimum Gasteiger partial charge on any atom is -0.309 e. The summed E-state index contributed by atoms with van der Waals surface area (Å²) in [6.45, 7) is 5.38. The second-order valence-corrected chi connectivity index (χ2v) is 5.65. The molecule has 1 aromatic heterocycles. The Morgan fingerprint density at radius 3 is 2.76 bits per heavy atom. The predicted octanol–water partition coefficient (Wildman–Crippen LogP) is 3.33. The van der Waals surface area contributed by atoms with Gasteiger partial charge in [0.1, 0.15) is 5.01 Å². The zero-order chi connectivity index (χ0) is 11.8. The molecule has 1 atom stereocenters. The van der Waals surface area contributed by atoms with E-state index >= 15 is 0 Å². The maximum absolute atomic E-state index is 4.78. The molecule has 3 heteroatoms. The summed E-state index contributed by atoms with van der Waals surface area (Å²) in [6.07, 6.45) is 1.06. The average molecular weight is 244 g/mol. The predicted molar refractivity (Wildman–Crippen MR) is 72.4 cm³/mol. The van der Waals surface area contributed by atoms with E-state index in [9.17, 15) is 0 Å². The molecular formula is C14H16N2S. The number of hydrogen-bond donors (Lipinski definition) is 1. The van der Waals surface area contributed by atoms with Crippen LogP contribution in [0.4, 0.5) is 0 Å². The van der Waals surface area contributed by atoms with Crippen LogP contribution in [0.15, 0.2) is 24.3 Å². The van der Waals surface area contributed by atoms with Crippen LogP contribution < -0.4 is 5.32 Å². The molecule has 3 rings (SSSR count). The normalized spacial score (nSPS) is 19.1. The smallest absolute Gasteiger partial charge is 0.123 e. The van der Waals surface area contributed by atoms with Crippen molar-refractivity contribution in [1.29, 1.82) is 0 Å². The molecule has 0 saturated heterocycles. The third kappa shape index (κ3) is 2.01. The van der Waals surface area contributed by atoms with Gasteiger partial charge in [-0.25, -0.2) is 4.98 Å². The standard InChI is InChI=1S/C14H16N2S/c1-9-3-5-11(6-4-9)14-16-12-7-8-15-10(2)13(12)17-14/h3-6,10,15H,7-8H2,1-2H3. The summed E-state index contributed by atoms with van der Waals surface area (Å²) in [4.78, 5) is 6.19. The Morgan fingerprint density at radius 2 is 2.06 bits per heavy atom. The van der Waals surface area contributed by atoms with Gasteiger partial charge in [-0.2, -0.15) is 0 Å². The van der Waals surface area contributed by atoms with Crippen molar-refractivity contribution < 1.29 is 0 Å². The fourth-order valence-electron chi connectivity index (χ4n) is 2.20. The van der Waals surface area contributed by atoms with Crippen LogP contribution in [-0.2, 0) is 6.42 Å². The van der Waals surface area contributed by atoms with Crippen LogP contribution >= 0.6 is 11.3 Å². The number of thiazole rings is 1. The van der Waals surface area contributed by atoms with Gasteiger partial charge in [-0.1, -0.05) is 29.8 Å². The van der Waals surface area contributed by atoms with Crippen molar-refractivity contribution in [2.24, 2.45) is 0 Å². The largest absolute Gasteiger partial charge is 0.309 e. The van der Waals surface area contributed by atoms with Gasteiger partial charge in [0.2, 0.25) is 0 Å². The van der Waals surface area contributed by atoms with Gasteiger partial charge < -0.3 is 5.32 Å². The van der Waals surface area contributed by atoms with Crippen molar-refractivity contribution in [2.45, 2.75) is 26.3 Å². The Bertz CT molecular complexity index is 528. The number of nitrogens with one attached hydrogen (secondary N) is 1. The second-order valence-electron chi connectivity index (χ2n) is 4.62. The van der Waals surface area contributed by atoms with E-state index in [1.54, 1.807) is 0 Å². The lowest BCUT2D eigenvalue weighted by Crippen LogP contribution is -2.26. The van der Waals surface area contributed by atoms with Crippen molar-refractivity contribution in [3.05, 3.63) is 40.4 Å². The zero-order valence-corrected chi connectivity index (χ0v) is 11.0. The second kappa shape index (κ2) is 4.24. The fourth-order valence-corrected chi connectivity index (χ4v) is 3.34. The van der Waals surface area contributed by atoms with E-state index < -0.39 is 0 Å². The highest BCUT2D eigenvalue weighted by Gasteiger charge is 2.20. The minimum atomic E-state index is 0.454. The fraction of sp³-hybridized carbons (Fsp3) is 0.357. The number of aromatic nitrogens is 1. The molecule has 2 aromatic rings. The van der Waals surface area contributed by atoms with Crippen molar-refractivity contribution in [3.63, 3.8) is 0 Å². The van der Waals surface area contributed by atoms with Gasteiger partial charge in [-0.15, -0.1) is 11.3 Å². The van der Waals surface area contributed by atoms with Crippen LogP contribution in [0.2, 0.25) is 0 Å². The van der Waals surface area contributed by atoms with Crippen molar-refractivity contribution >= 4 is 11.3 Å². The Hall–Kier alpha value is -1.19. The molecule has 2 nitrogen and oxygen atoms in total. The van der Waals surface area contributed by atoms with Crippen LogP contribution in [-0.4, -0.2) is 11.5 Å². The average Bonchev–Trinajstić information content (AvgIpc) is 2.75. The van der Waals surface area contributed by atoms with E-state index in [-0.39, 0.29) is 0 Å². The SMILES string of the molecule is Cc1ccc(-c2nc3c(s2)C(C)NCC3)cc1. The zero-order valence-electron chi connectivity index (χ0n) is 10.2. The van der Waals surface area contributed by atoms with Crippen LogP contribution in [0.1, 0.15) is 29.1 Å². The molecular weight excluding hydrogens is 228 g/mol. The third-order valence-corrected chi connectivity index (χ3v) is 4.56. The molecule has 0 bridgehead atoms. The van der Waals surface area contributed by atoms with Crippen LogP contribution in [0.5, 0.6) is 0 Å². The summed E-state index contributed by atoms with van der Waals surface area (Å²) in [5.74, 6) is 0. The lowest BCUT2D eigenvalue weighted by atomic mass is 10.1. The molecule has 0 spiro atoms. The van der Waals surface area contributed by atoms with Gasteiger partial charge in [0.15, 0.2) is 0 Å². The van der Waals surface area contributed by atoms with Crippen molar-refractivity contribution in [3.8, 4) is 10.6 Å². The summed E-state index contributed by atoms with van der Waals surface area (Å²) in [7, 11) is 0. The first-order chi connectivity index (χ1) is 8.24. The molecule has 1 unspecified atom stereocenters.